The van der Waals surface area contributed by atoms with Gasteiger partial charge in [-0.3, -0.25) is 0 Å². The van der Waals surface area contributed by atoms with E-state index in [0.717, 1.165) is 42.8 Å². The van der Waals surface area contributed by atoms with Crippen molar-refractivity contribution >= 4 is 0 Å². The van der Waals surface area contributed by atoms with Crippen molar-refractivity contribution in [1.82, 2.24) is 9.78 Å². The van der Waals surface area contributed by atoms with Crippen molar-refractivity contribution < 1.29 is 5.11 Å². The average molecular weight is 258 g/mol. The van der Waals surface area contributed by atoms with E-state index in [2.05, 4.69) is 43.2 Å². The van der Waals surface area contributed by atoms with Crippen LogP contribution in [-0.2, 0) is 12.8 Å². The highest BCUT2D eigenvalue weighted by molar-refractivity contribution is 5.41. The highest BCUT2D eigenvalue weighted by Gasteiger charge is 2.16. The second-order valence-corrected chi connectivity index (χ2v) is 4.95. The summed E-state index contributed by atoms with van der Waals surface area (Å²) < 4.78 is 1.89. The number of aromatic hydroxyl groups is 1. The highest BCUT2D eigenvalue weighted by Crippen LogP contribution is 2.27. The first-order valence-corrected chi connectivity index (χ1v) is 7.04. The van der Waals surface area contributed by atoms with E-state index in [9.17, 15) is 5.11 Å². The van der Waals surface area contributed by atoms with Gasteiger partial charge in [0.1, 0.15) is 5.69 Å². The minimum atomic E-state index is 0.372. The van der Waals surface area contributed by atoms with Gasteiger partial charge < -0.3 is 5.11 Å². The maximum absolute atomic E-state index is 10.3. The third kappa shape index (κ3) is 2.80. The predicted octanol–water partition coefficient (Wildman–Crippen LogP) is 3.79. The lowest BCUT2D eigenvalue weighted by Crippen LogP contribution is -2.02. The van der Waals surface area contributed by atoms with Crippen LogP contribution in [0, 0.1) is 6.92 Å². The van der Waals surface area contributed by atoms with E-state index in [4.69, 9.17) is 0 Å². The summed E-state index contributed by atoms with van der Waals surface area (Å²) in [6.45, 7) is 6.25. The fourth-order valence-corrected chi connectivity index (χ4v) is 2.20. The molecule has 0 saturated heterocycles. The lowest BCUT2D eigenvalue weighted by molar-refractivity contribution is 0.460. The lowest BCUT2D eigenvalue weighted by atomic mass is 10.1. The van der Waals surface area contributed by atoms with E-state index >= 15 is 0 Å². The minimum absolute atomic E-state index is 0.372. The van der Waals surface area contributed by atoms with Crippen LogP contribution in [0.5, 0.6) is 5.75 Å². The maximum Gasteiger partial charge on any atom is 0.160 e. The van der Waals surface area contributed by atoms with Crippen molar-refractivity contribution in [2.24, 2.45) is 0 Å². The monoisotopic (exact) mass is 258 g/mol. The molecule has 0 radical (unpaired) electrons. The highest BCUT2D eigenvalue weighted by atomic mass is 16.3. The summed E-state index contributed by atoms with van der Waals surface area (Å²) in [6.07, 6.45) is 3.79. The molecule has 1 aromatic heterocycles. The van der Waals surface area contributed by atoms with Gasteiger partial charge in [-0.25, -0.2) is 4.68 Å². The number of unbranched alkanes of at least 4 members (excludes halogenated alkanes) is 1. The van der Waals surface area contributed by atoms with Gasteiger partial charge in [-0.15, -0.1) is 0 Å². The quantitative estimate of drug-likeness (QED) is 0.886. The molecule has 3 nitrogen and oxygen atoms in total. The van der Waals surface area contributed by atoms with Gasteiger partial charge in [0.25, 0.3) is 0 Å². The number of hydrogen-bond acceptors (Lipinski definition) is 2. The van der Waals surface area contributed by atoms with E-state index < -0.39 is 0 Å². The molecule has 1 N–H and O–H groups in total. The van der Waals surface area contributed by atoms with Gasteiger partial charge in [0.15, 0.2) is 5.75 Å². The Kier molecular flexibility index (Phi) is 4.25. The number of aromatic nitrogens is 2. The van der Waals surface area contributed by atoms with E-state index in [0.29, 0.717) is 5.75 Å². The first kappa shape index (κ1) is 13.7. The standard InChI is InChI=1S/C16H22N2O/c1-4-6-7-15-16(19)14(5-2)17-18(15)13-10-8-12(3)9-11-13/h8-11,19H,4-7H2,1-3H3. The fraction of sp³-hybridized carbons (Fsp3) is 0.438. The average Bonchev–Trinajstić information content (AvgIpc) is 2.74. The molecule has 0 spiro atoms. The molecule has 0 aliphatic heterocycles. The molecule has 0 unspecified atom stereocenters. The predicted molar refractivity (Wildman–Crippen MR) is 78.0 cm³/mol. The van der Waals surface area contributed by atoms with E-state index in [1.807, 2.05) is 11.6 Å². The molecule has 19 heavy (non-hydrogen) atoms. The Hall–Kier alpha value is -1.77. The molecule has 0 bridgehead atoms. The zero-order valence-corrected chi connectivity index (χ0v) is 12.0. The Labute approximate surface area is 114 Å². The fourth-order valence-electron chi connectivity index (χ4n) is 2.20. The normalized spacial score (nSPS) is 10.9. The van der Waals surface area contributed by atoms with Gasteiger partial charge in [-0.2, -0.15) is 5.10 Å². The van der Waals surface area contributed by atoms with Gasteiger partial charge in [-0.1, -0.05) is 38.0 Å². The molecule has 2 aromatic rings. The summed E-state index contributed by atoms with van der Waals surface area (Å²) in [5.74, 6) is 0.372. The van der Waals surface area contributed by atoms with Crippen LogP contribution in [0.15, 0.2) is 24.3 Å². The van der Waals surface area contributed by atoms with Gasteiger partial charge >= 0.3 is 0 Å². The van der Waals surface area contributed by atoms with Crippen molar-refractivity contribution in [3.63, 3.8) is 0 Å². The Bertz CT molecular complexity index is 541. The Morgan fingerprint density at radius 1 is 1.16 bits per heavy atom. The number of hydrogen-bond donors (Lipinski definition) is 1. The van der Waals surface area contributed by atoms with Crippen LogP contribution in [0.3, 0.4) is 0 Å². The van der Waals surface area contributed by atoms with Crippen LogP contribution in [0.1, 0.15) is 43.6 Å². The summed E-state index contributed by atoms with van der Waals surface area (Å²) in [4.78, 5) is 0. The summed E-state index contributed by atoms with van der Waals surface area (Å²) in [7, 11) is 0. The summed E-state index contributed by atoms with van der Waals surface area (Å²) in [6, 6.07) is 8.25. The third-order valence-electron chi connectivity index (χ3n) is 3.40. The van der Waals surface area contributed by atoms with Crippen LogP contribution >= 0.6 is 0 Å². The van der Waals surface area contributed by atoms with Crippen LogP contribution in [0.25, 0.3) is 5.69 Å². The molecule has 0 atom stereocenters. The van der Waals surface area contributed by atoms with Gasteiger partial charge in [0, 0.05) is 0 Å². The summed E-state index contributed by atoms with van der Waals surface area (Å²) >= 11 is 0. The van der Waals surface area contributed by atoms with Gasteiger partial charge in [0.05, 0.1) is 11.4 Å². The molecular formula is C16H22N2O. The molecule has 0 aliphatic carbocycles. The Balaban J connectivity index is 2.45. The zero-order valence-electron chi connectivity index (χ0n) is 12.0. The molecule has 0 aliphatic rings. The Morgan fingerprint density at radius 3 is 2.42 bits per heavy atom. The first-order chi connectivity index (χ1) is 9.17. The van der Waals surface area contributed by atoms with Crippen LogP contribution in [0.4, 0.5) is 0 Å². The van der Waals surface area contributed by atoms with Gasteiger partial charge in [-0.05, 0) is 38.3 Å². The molecule has 0 fully saturated rings. The third-order valence-corrected chi connectivity index (χ3v) is 3.40. The number of benzene rings is 1. The molecule has 0 amide bonds. The molecular weight excluding hydrogens is 236 g/mol. The number of aryl methyl sites for hydroxylation is 2. The molecule has 1 aromatic carbocycles. The molecule has 2 rings (SSSR count). The van der Waals surface area contributed by atoms with E-state index in [-0.39, 0.29) is 0 Å². The molecule has 1 heterocycles. The van der Waals surface area contributed by atoms with Crippen molar-refractivity contribution in [2.75, 3.05) is 0 Å². The minimum Gasteiger partial charge on any atom is -0.504 e. The summed E-state index contributed by atoms with van der Waals surface area (Å²) in [5, 5.41) is 14.8. The van der Waals surface area contributed by atoms with Crippen LogP contribution in [-0.4, -0.2) is 14.9 Å². The largest absolute Gasteiger partial charge is 0.504 e. The maximum atomic E-state index is 10.3. The topological polar surface area (TPSA) is 38.1 Å². The van der Waals surface area contributed by atoms with Gasteiger partial charge in [0.2, 0.25) is 0 Å². The van der Waals surface area contributed by atoms with Crippen LogP contribution in [0.2, 0.25) is 0 Å². The van der Waals surface area contributed by atoms with Crippen molar-refractivity contribution in [1.29, 1.82) is 0 Å². The van der Waals surface area contributed by atoms with Crippen molar-refractivity contribution in [3.8, 4) is 11.4 Å². The summed E-state index contributed by atoms with van der Waals surface area (Å²) in [5.41, 5.74) is 3.96. The first-order valence-electron chi connectivity index (χ1n) is 7.04. The number of rotatable bonds is 5. The second kappa shape index (κ2) is 5.91. The van der Waals surface area contributed by atoms with E-state index in [1.165, 1.54) is 5.56 Å². The van der Waals surface area contributed by atoms with Crippen molar-refractivity contribution in [3.05, 3.63) is 41.2 Å². The Morgan fingerprint density at radius 2 is 1.84 bits per heavy atom. The molecule has 3 heteroatoms. The smallest absolute Gasteiger partial charge is 0.160 e. The lowest BCUT2D eigenvalue weighted by Gasteiger charge is -2.07. The van der Waals surface area contributed by atoms with Crippen LogP contribution < -0.4 is 0 Å². The SMILES string of the molecule is CCCCc1c(O)c(CC)nn1-c1ccc(C)cc1. The van der Waals surface area contributed by atoms with E-state index in [1.54, 1.807) is 0 Å². The second-order valence-electron chi connectivity index (χ2n) is 4.95. The van der Waals surface area contributed by atoms with Crippen molar-refractivity contribution in [2.45, 2.75) is 46.5 Å². The number of nitrogens with zero attached hydrogens (tertiary/aromatic N) is 2. The molecule has 102 valence electrons. The molecule has 0 saturated carbocycles. The zero-order chi connectivity index (χ0) is 13.8.